The van der Waals surface area contributed by atoms with Crippen LogP contribution in [0.5, 0.6) is 11.5 Å². The van der Waals surface area contributed by atoms with Gasteiger partial charge in [-0.15, -0.1) is 0 Å². The number of aromatic nitrogens is 12. The number of methoxy groups -OCH3 is 1. The maximum absolute atomic E-state index is 14.7. The van der Waals surface area contributed by atoms with Crippen molar-refractivity contribution in [2.75, 3.05) is 26.0 Å². The summed E-state index contributed by atoms with van der Waals surface area (Å²) in [4.78, 5) is 17.1. The molecular weight excluding hydrogens is 1680 g/mol. The van der Waals surface area contributed by atoms with Gasteiger partial charge in [0.15, 0.2) is 11.5 Å². The Morgan fingerprint density at radius 2 is 0.864 bits per heavy atom. The van der Waals surface area contributed by atoms with E-state index in [-0.39, 0.29) is 54.3 Å². The predicted octanol–water partition coefficient (Wildman–Crippen LogP) is 19.5. The molecule has 0 unspecified atom stereocenters. The molecule has 0 saturated carbocycles. The zero-order chi connectivity index (χ0) is 89.9. The lowest BCUT2D eigenvalue weighted by molar-refractivity contribution is -0.141. The van der Waals surface area contributed by atoms with Gasteiger partial charge in [0.05, 0.1) is 66.9 Å². The number of rotatable bonds is 20. The van der Waals surface area contributed by atoms with Crippen molar-refractivity contribution in [1.29, 1.82) is 0 Å². The fraction of sp³-hybridized carbons (Fsp3) is 0.209. The second kappa shape index (κ2) is 35.8. The highest BCUT2D eigenvalue weighted by Gasteiger charge is 2.37. The van der Waals surface area contributed by atoms with E-state index in [0.29, 0.717) is 79.6 Å². The molecule has 0 aliphatic heterocycles. The minimum atomic E-state index is -4.75. The van der Waals surface area contributed by atoms with Gasteiger partial charge in [0, 0.05) is 93.8 Å². The number of aryl methyl sites for hydroxylation is 3. The third kappa shape index (κ3) is 20.4. The van der Waals surface area contributed by atoms with Crippen LogP contribution in [0.3, 0.4) is 0 Å². The van der Waals surface area contributed by atoms with Gasteiger partial charge >= 0.3 is 6.18 Å². The monoisotopic (exact) mass is 1770 g/mol. The highest BCUT2D eigenvalue weighted by molar-refractivity contribution is 7.93. The number of hydrogen-bond donors (Lipinski definition) is 4. The molecular formula is C91H90F4N16O10S4. The van der Waals surface area contributed by atoms with Gasteiger partial charge in [0.2, 0.25) is 0 Å². The molecule has 0 radical (unpaired) electrons. The number of benzene rings is 8. The number of halogens is 4. The number of pyridine rings is 4. The zero-order valence-electron chi connectivity index (χ0n) is 70.5. The van der Waals surface area contributed by atoms with Gasteiger partial charge in [-0.25, -0.2) is 57.1 Å². The first-order valence-corrected chi connectivity index (χ1v) is 45.2. The van der Waals surface area contributed by atoms with E-state index in [1.54, 1.807) is 151 Å². The molecule has 646 valence electrons. The molecule has 34 heteroatoms. The van der Waals surface area contributed by atoms with E-state index in [9.17, 15) is 51.2 Å². The van der Waals surface area contributed by atoms with Crippen molar-refractivity contribution in [2.24, 2.45) is 0 Å². The minimum Gasteiger partial charge on any atom is -0.494 e. The first kappa shape index (κ1) is 89.3. The highest BCUT2D eigenvalue weighted by Crippen LogP contribution is 2.38. The van der Waals surface area contributed by atoms with Crippen molar-refractivity contribution in [3.05, 3.63) is 301 Å². The minimum absolute atomic E-state index is 0.0128. The average Bonchev–Trinajstić information content (AvgIpc) is 1.72. The third-order valence-corrected chi connectivity index (χ3v) is 25.1. The van der Waals surface area contributed by atoms with E-state index in [4.69, 9.17) is 9.47 Å². The van der Waals surface area contributed by atoms with Crippen LogP contribution in [0.1, 0.15) is 115 Å². The molecule has 0 bridgehead atoms. The van der Waals surface area contributed by atoms with E-state index < -0.39 is 63.2 Å². The molecule has 125 heavy (non-hydrogen) atoms. The lowest BCUT2D eigenvalue weighted by Gasteiger charge is -2.20. The summed E-state index contributed by atoms with van der Waals surface area (Å²) < 4.78 is 186. The second-order valence-electron chi connectivity index (χ2n) is 31.8. The number of ether oxygens (including phenoxy) is 2. The average molecular weight is 1770 g/mol. The summed E-state index contributed by atoms with van der Waals surface area (Å²) in [5, 5.41) is 22.9. The normalized spacial score (nSPS) is 12.2. The van der Waals surface area contributed by atoms with E-state index in [1.165, 1.54) is 47.3 Å². The largest absolute Gasteiger partial charge is 0.494 e. The summed E-state index contributed by atoms with van der Waals surface area (Å²) in [6.45, 7) is 25.0. The Morgan fingerprint density at radius 1 is 0.408 bits per heavy atom. The van der Waals surface area contributed by atoms with Crippen molar-refractivity contribution in [1.82, 2.24) is 59.1 Å². The summed E-state index contributed by atoms with van der Waals surface area (Å²) in [6.07, 6.45) is 5.13. The third-order valence-electron chi connectivity index (χ3n) is 19.7. The molecule has 0 fully saturated rings. The first-order chi connectivity index (χ1) is 59.0. The summed E-state index contributed by atoms with van der Waals surface area (Å²) in [7, 11) is -14.3. The molecule has 16 aromatic rings. The molecule has 16 rings (SSSR count). The Kier molecular flexibility index (Phi) is 25.6. The van der Waals surface area contributed by atoms with Crippen LogP contribution in [0, 0.1) is 26.6 Å². The fourth-order valence-corrected chi connectivity index (χ4v) is 17.7. The summed E-state index contributed by atoms with van der Waals surface area (Å²) in [6, 6.07) is 60.2. The van der Waals surface area contributed by atoms with E-state index in [1.807, 2.05) is 135 Å². The van der Waals surface area contributed by atoms with Gasteiger partial charge in [0.1, 0.15) is 46.1 Å². The predicted molar refractivity (Wildman–Crippen MR) is 477 cm³/mol. The lowest BCUT2D eigenvalue weighted by Crippen LogP contribution is -2.18. The summed E-state index contributed by atoms with van der Waals surface area (Å²) in [5.74, 6) is 2.03. The SMILES string of the molecule is CC(C)c1ccc(S(=O)(=O)Nc2cc(C(F)(F)F)nn2-c2cccc3cnccc23)cc1.COc1ccc(-n2nc(C)cc2NS(=O)(=O)c2ccc(C(C)(C)C)c(F)c2)c2cccnc12.Cc1cc(NS(=O)(=O)c2ccc(C(C)(C)C)cc2)n(-c2nccc3ccccc23)n1.Cc1cc(NS(=O)(=O)c2ccc(OC(C)C)cc2)n(-c2cccc3cnccc23)n1. The molecule has 0 spiro atoms. The van der Waals surface area contributed by atoms with Crippen molar-refractivity contribution >= 4 is 107 Å². The van der Waals surface area contributed by atoms with E-state index in [2.05, 4.69) is 80.0 Å². The van der Waals surface area contributed by atoms with Crippen LogP contribution in [0.25, 0.3) is 66.1 Å². The topological polar surface area (TPSA) is 326 Å². The molecule has 8 aromatic heterocycles. The van der Waals surface area contributed by atoms with Gasteiger partial charge in [-0.1, -0.05) is 134 Å². The molecule has 0 aliphatic carbocycles. The Hall–Kier alpha value is -13.4. The van der Waals surface area contributed by atoms with Crippen LogP contribution in [-0.2, 0) is 57.1 Å². The number of hydrogen-bond acceptors (Lipinski definition) is 18. The maximum Gasteiger partial charge on any atom is 0.435 e. The van der Waals surface area contributed by atoms with Crippen LogP contribution in [0.2, 0.25) is 0 Å². The number of sulfonamides is 4. The summed E-state index contributed by atoms with van der Waals surface area (Å²) >= 11 is 0. The maximum atomic E-state index is 14.7. The van der Waals surface area contributed by atoms with Gasteiger partial charge in [0.25, 0.3) is 40.1 Å². The molecule has 8 heterocycles. The molecule has 8 aromatic carbocycles. The lowest BCUT2D eigenvalue weighted by atomic mass is 9.87. The van der Waals surface area contributed by atoms with E-state index >= 15 is 0 Å². The number of fused-ring (bicyclic) bond motifs is 4. The van der Waals surface area contributed by atoms with Gasteiger partial charge < -0.3 is 9.47 Å². The molecule has 0 amide bonds. The number of nitrogens with zero attached hydrogens (tertiary/aromatic N) is 12. The Labute approximate surface area is 721 Å². The van der Waals surface area contributed by atoms with Crippen LogP contribution in [0.15, 0.2) is 275 Å². The zero-order valence-corrected chi connectivity index (χ0v) is 73.8. The smallest absolute Gasteiger partial charge is 0.435 e. The summed E-state index contributed by atoms with van der Waals surface area (Å²) in [5.41, 5.74) is 5.04. The quantitative estimate of drug-likeness (QED) is 0.0515. The molecule has 26 nitrogen and oxygen atoms in total. The van der Waals surface area contributed by atoms with Gasteiger partial charge in [-0.2, -0.15) is 38.2 Å². The van der Waals surface area contributed by atoms with Crippen molar-refractivity contribution in [3.63, 3.8) is 0 Å². The van der Waals surface area contributed by atoms with Crippen LogP contribution >= 0.6 is 0 Å². The Morgan fingerprint density at radius 3 is 1.36 bits per heavy atom. The highest BCUT2D eigenvalue weighted by atomic mass is 32.2. The molecule has 0 saturated heterocycles. The number of alkyl halides is 3. The first-order valence-electron chi connectivity index (χ1n) is 39.2. The van der Waals surface area contributed by atoms with Crippen LogP contribution in [0.4, 0.5) is 40.8 Å². The molecule has 0 atom stereocenters. The molecule has 0 aliphatic rings. The van der Waals surface area contributed by atoms with Gasteiger partial charge in [-0.05, 0) is 189 Å². The fourth-order valence-electron chi connectivity index (χ4n) is 13.5. The number of nitrogens with one attached hydrogen (secondary N) is 4. The Bertz CT molecular complexity index is 7140. The molecule has 4 N–H and O–H groups in total. The number of anilines is 4. The van der Waals surface area contributed by atoms with Crippen molar-refractivity contribution in [3.8, 4) is 34.4 Å². The van der Waals surface area contributed by atoms with Crippen molar-refractivity contribution < 1.29 is 60.7 Å². The van der Waals surface area contributed by atoms with Crippen molar-refractivity contribution in [2.45, 2.75) is 139 Å². The van der Waals surface area contributed by atoms with Crippen LogP contribution < -0.4 is 28.4 Å². The van der Waals surface area contributed by atoms with Crippen LogP contribution in [-0.4, -0.2) is 106 Å². The second-order valence-corrected chi connectivity index (χ2v) is 38.5. The Balaban J connectivity index is 0.000000143. The standard InChI is InChI=1S/C24H25FN4O3S.C23H24N4O2S.C22H19F3N4O2S.C22H22N4O3S/c1-15-13-22(28-33(30,31)16-8-9-18(19(25)14-16)24(2,3)4)29(27-15)20-10-11-21(32-5)23-17(20)7-6-12-26-23;1-16-15-21(26-30(28,29)19-11-9-18(10-12-19)23(2,3)4)27(25-16)22-20-8-6-5-7-17(20)13-14-24-22;1-14(2)15-6-8-17(9-7-15)32(30,31)28-21-12-20(22(23,24)25)27-29(21)19-5-3-4-16-13-26-11-10-18(16)19;1-15(2)29-18-7-9-19(10-8-18)30(27,28)25-22-13-16(3)24-26(22)21-6-4-5-17-14-23-12-11-20(17)21/h6-14,28H,1-5H3;5-15,26H,1-4H3;3-14,28H,1-2H3;4-15,25H,1-3H3. The van der Waals surface area contributed by atoms with E-state index in [0.717, 1.165) is 54.5 Å². The van der Waals surface area contributed by atoms with Gasteiger partial charge in [-0.3, -0.25) is 33.8 Å².